The zero-order valence-electron chi connectivity index (χ0n) is 16.8. The fourth-order valence-corrected chi connectivity index (χ4v) is 3.27. The molecule has 0 N–H and O–H groups in total. The number of hydrogen-bond donors (Lipinski definition) is 0. The third-order valence-corrected chi connectivity index (χ3v) is 5.03. The minimum Gasteiger partial charge on any atom is -0.383 e. The van der Waals surface area contributed by atoms with Gasteiger partial charge in [-0.3, -0.25) is 14.9 Å². The molecule has 156 valence electrons. The van der Waals surface area contributed by atoms with E-state index in [2.05, 4.69) is 0 Å². The van der Waals surface area contributed by atoms with Gasteiger partial charge in [-0.1, -0.05) is 25.1 Å². The van der Waals surface area contributed by atoms with Crippen molar-refractivity contribution < 1.29 is 22.3 Å². The molecule has 0 spiro atoms. The van der Waals surface area contributed by atoms with Crippen LogP contribution in [0.3, 0.4) is 0 Å². The Labute approximate surface area is 170 Å². The molecule has 0 radical (unpaired) electrons. The number of nitrogens with zero attached hydrogens (tertiary/aromatic N) is 2. The van der Waals surface area contributed by atoms with Crippen LogP contribution in [-0.4, -0.2) is 36.4 Å². The number of benzene rings is 2. The van der Waals surface area contributed by atoms with E-state index in [1.807, 2.05) is 13.8 Å². The Hall–Kier alpha value is -2.94. The van der Waals surface area contributed by atoms with E-state index >= 15 is 0 Å². The first-order valence-corrected chi connectivity index (χ1v) is 10.9. The summed E-state index contributed by atoms with van der Waals surface area (Å²) >= 11 is 0. The van der Waals surface area contributed by atoms with Gasteiger partial charge in [0.1, 0.15) is 5.75 Å². The molecular weight excluding hydrogens is 396 g/mol. The van der Waals surface area contributed by atoms with Crippen LogP contribution in [-0.2, 0) is 16.7 Å². The first-order chi connectivity index (χ1) is 13.5. The second kappa shape index (κ2) is 9.04. The van der Waals surface area contributed by atoms with Gasteiger partial charge >= 0.3 is 10.1 Å². The summed E-state index contributed by atoms with van der Waals surface area (Å²) in [6.07, 6.45) is 1.64. The van der Waals surface area contributed by atoms with Crippen molar-refractivity contribution >= 4 is 21.7 Å². The van der Waals surface area contributed by atoms with E-state index in [-0.39, 0.29) is 35.5 Å². The minimum atomic E-state index is -3.66. The van der Waals surface area contributed by atoms with Crippen molar-refractivity contribution in [1.82, 2.24) is 4.90 Å². The number of nitro benzene ring substituents is 1. The average molecular weight is 420 g/mol. The molecule has 0 aliphatic carbocycles. The molecule has 2 aromatic carbocycles. The molecule has 8 nitrogen and oxygen atoms in total. The Morgan fingerprint density at radius 1 is 1.24 bits per heavy atom. The Bertz CT molecular complexity index is 1020. The van der Waals surface area contributed by atoms with Crippen LogP contribution in [0.5, 0.6) is 5.75 Å². The first-order valence-electron chi connectivity index (χ1n) is 9.06. The fourth-order valence-electron chi connectivity index (χ4n) is 2.82. The van der Waals surface area contributed by atoms with Gasteiger partial charge < -0.3 is 9.08 Å². The van der Waals surface area contributed by atoms with Gasteiger partial charge in [0.15, 0.2) is 0 Å². The van der Waals surface area contributed by atoms with Crippen LogP contribution in [0.1, 0.15) is 41.8 Å². The largest absolute Gasteiger partial charge is 0.383 e. The highest BCUT2D eigenvalue weighted by molar-refractivity contribution is 7.86. The third-order valence-electron chi connectivity index (χ3n) is 4.54. The Kier molecular flexibility index (Phi) is 6.97. The molecule has 2 rings (SSSR count). The van der Waals surface area contributed by atoms with Crippen molar-refractivity contribution in [1.29, 1.82) is 0 Å². The van der Waals surface area contributed by atoms with Gasteiger partial charge in [-0.15, -0.1) is 0 Å². The molecule has 0 aliphatic heterocycles. The standard InChI is InChI=1S/C20H24N2O6S/c1-5-15(3)21(13-16-7-6-8-18(11-16)28-29(4,26)27)20(23)17-10-9-14(2)19(12-17)22(24)25/h6-12,15H,5,13H2,1-4H3. The number of hydrogen-bond acceptors (Lipinski definition) is 6. The Morgan fingerprint density at radius 3 is 2.52 bits per heavy atom. The molecule has 0 aliphatic rings. The van der Waals surface area contributed by atoms with E-state index in [1.165, 1.54) is 12.1 Å². The lowest BCUT2D eigenvalue weighted by Crippen LogP contribution is -2.37. The summed E-state index contributed by atoms with van der Waals surface area (Å²) in [5, 5.41) is 11.2. The summed E-state index contributed by atoms with van der Waals surface area (Å²) in [7, 11) is -3.66. The number of carbonyl (C=O) groups is 1. The molecule has 9 heteroatoms. The third kappa shape index (κ3) is 6.02. The van der Waals surface area contributed by atoms with E-state index in [9.17, 15) is 23.3 Å². The predicted octanol–water partition coefficient (Wildman–Crippen LogP) is 3.68. The van der Waals surface area contributed by atoms with Crippen molar-refractivity contribution in [3.63, 3.8) is 0 Å². The monoisotopic (exact) mass is 420 g/mol. The Morgan fingerprint density at radius 2 is 1.93 bits per heavy atom. The zero-order chi connectivity index (χ0) is 21.8. The van der Waals surface area contributed by atoms with Crippen LogP contribution in [0.25, 0.3) is 0 Å². The fraction of sp³-hybridized carbons (Fsp3) is 0.350. The lowest BCUT2D eigenvalue weighted by molar-refractivity contribution is -0.385. The average Bonchev–Trinajstić information content (AvgIpc) is 2.64. The van der Waals surface area contributed by atoms with E-state index < -0.39 is 15.0 Å². The van der Waals surface area contributed by atoms with Gasteiger partial charge in [0.25, 0.3) is 11.6 Å². The van der Waals surface area contributed by atoms with Gasteiger partial charge in [0, 0.05) is 29.8 Å². The smallest absolute Gasteiger partial charge is 0.306 e. The van der Waals surface area contributed by atoms with E-state index in [1.54, 1.807) is 42.2 Å². The highest BCUT2D eigenvalue weighted by atomic mass is 32.2. The number of aryl methyl sites for hydroxylation is 1. The highest BCUT2D eigenvalue weighted by Crippen LogP contribution is 2.23. The van der Waals surface area contributed by atoms with Gasteiger partial charge in [0.05, 0.1) is 11.2 Å². The number of carbonyl (C=O) groups excluding carboxylic acids is 1. The van der Waals surface area contributed by atoms with Gasteiger partial charge in [-0.05, 0) is 44.0 Å². The summed E-state index contributed by atoms with van der Waals surface area (Å²) in [6, 6.07) is 10.8. The van der Waals surface area contributed by atoms with Crippen molar-refractivity contribution in [3.8, 4) is 5.75 Å². The van der Waals surface area contributed by atoms with Crippen molar-refractivity contribution in [2.24, 2.45) is 0 Å². The van der Waals surface area contributed by atoms with Crippen LogP contribution in [0, 0.1) is 17.0 Å². The first kappa shape index (κ1) is 22.4. The lowest BCUT2D eigenvalue weighted by Gasteiger charge is -2.29. The van der Waals surface area contributed by atoms with Crippen LogP contribution in [0.15, 0.2) is 42.5 Å². The van der Waals surface area contributed by atoms with Gasteiger partial charge in [-0.2, -0.15) is 8.42 Å². The second-order valence-corrected chi connectivity index (χ2v) is 8.46. The van der Waals surface area contributed by atoms with Crippen LogP contribution >= 0.6 is 0 Å². The lowest BCUT2D eigenvalue weighted by atomic mass is 10.1. The van der Waals surface area contributed by atoms with E-state index in [4.69, 9.17) is 4.18 Å². The van der Waals surface area contributed by atoms with Crippen LogP contribution in [0.4, 0.5) is 5.69 Å². The molecule has 0 fully saturated rings. The zero-order valence-corrected chi connectivity index (χ0v) is 17.6. The molecule has 29 heavy (non-hydrogen) atoms. The maximum Gasteiger partial charge on any atom is 0.306 e. The van der Waals surface area contributed by atoms with Crippen molar-refractivity contribution in [3.05, 3.63) is 69.3 Å². The molecule has 1 unspecified atom stereocenters. The topological polar surface area (TPSA) is 107 Å². The molecule has 0 aromatic heterocycles. The van der Waals surface area contributed by atoms with E-state index in [0.717, 1.165) is 6.26 Å². The maximum absolute atomic E-state index is 13.1. The summed E-state index contributed by atoms with van der Waals surface area (Å²) in [6.45, 7) is 5.64. The summed E-state index contributed by atoms with van der Waals surface area (Å²) in [4.78, 5) is 25.4. The van der Waals surface area contributed by atoms with Crippen LogP contribution in [0.2, 0.25) is 0 Å². The van der Waals surface area contributed by atoms with E-state index in [0.29, 0.717) is 17.5 Å². The van der Waals surface area contributed by atoms with Gasteiger partial charge in [0.2, 0.25) is 0 Å². The van der Waals surface area contributed by atoms with Crippen molar-refractivity contribution in [2.75, 3.05) is 6.26 Å². The molecule has 0 heterocycles. The number of nitro groups is 1. The van der Waals surface area contributed by atoms with Gasteiger partial charge in [-0.25, -0.2) is 0 Å². The summed E-state index contributed by atoms with van der Waals surface area (Å²) in [5.74, 6) is -0.176. The predicted molar refractivity (Wildman–Crippen MR) is 109 cm³/mol. The Balaban J connectivity index is 2.36. The molecular formula is C20H24N2O6S. The SMILES string of the molecule is CCC(C)N(Cc1cccc(OS(C)(=O)=O)c1)C(=O)c1ccc(C)c([N+](=O)[O-])c1. The molecule has 0 saturated carbocycles. The van der Waals surface area contributed by atoms with Crippen molar-refractivity contribution in [2.45, 2.75) is 39.8 Å². The molecule has 0 saturated heterocycles. The summed E-state index contributed by atoms with van der Waals surface area (Å²) < 4.78 is 27.6. The molecule has 1 amide bonds. The number of rotatable bonds is 8. The van der Waals surface area contributed by atoms with Crippen LogP contribution < -0.4 is 4.18 Å². The number of amides is 1. The molecule has 0 bridgehead atoms. The molecule has 2 aromatic rings. The maximum atomic E-state index is 13.1. The summed E-state index contributed by atoms with van der Waals surface area (Å²) in [5.41, 5.74) is 1.28. The minimum absolute atomic E-state index is 0.108. The molecule has 1 atom stereocenters. The normalized spacial score (nSPS) is 12.3. The quantitative estimate of drug-likeness (QED) is 0.366. The highest BCUT2D eigenvalue weighted by Gasteiger charge is 2.23. The second-order valence-electron chi connectivity index (χ2n) is 6.88.